The fourth-order valence-electron chi connectivity index (χ4n) is 2.32. The van der Waals surface area contributed by atoms with E-state index in [1.54, 1.807) is 6.92 Å². The number of hydrogen-bond donors (Lipinski definition) is 2. The van der Waals surface area contributed by atoms with Gasteiger partial charge in [0.1, 0.15) is 0 Å². The van der Waals surface area contributed by atoms with E-state index in [9.17, 15) is 9.90 Å². The SMILES string of the molecule is CC(O)CN1CCN(C(=O)C(C)C(C)N)CC1C.Cl.Cl. The first-order valence-corrected chi connectivity index (χ1v) is 6.79. The zero-order valence-corrected chi connectivity index (χ0v) is 14.4. The van der Waals surface area contributed by atoms with E-state index in [0.29, 0.717) is 6.54 Å². The zero-order chi connectivity index (χ0) is 13.9. The summed E-state index contributed by atoms with van der Waals surface area (Å²) >= 11 is 0. The molecule has 1 fully saturated rings. The molecule has 3 N–H and O–H groups in total. The average molecular weight is 330 g/mol. The standard InChI is InChI=1S/C13H27N3O2.2ClH/c1-9-7-16(13(18)11(3)12(4)14)6-5-15(9)8-10(2)17;;/h9-12,17H,5-8,14H2,1-4H3;2*1H. The van der Waals surface area contributed by atoms with Crippen molar-refractivity contribution >= 4 is 30.7 Å². The summed E-state index contributed by atoms with van der Waals surface area (Å²) in [4.78, 5) is 16.3. The number of halogens is 2. The van der Waals surface area contributed by atoms with Crippen LogP contribution in [-0.2, 0) is 4.79 Å². The molecule has 20 heavy (non-hydrogen) atoms. The van der Waals surface area contributed by atoms with Crippen molar-refractivity contribution in [3.8, 4) is 0 Å². The molecule has 0 spiro atoms. The molecule has 1 rings (SSSR count). The van der Waals surface area contributed by atoms with Crippen LogP contribution in [0.1, 0.15) is 27.7 Å². The fourth-order valence-corrected chi connectivity index (χ4v) is 2.32. The van der Waals surface area contributed by atoms with E-state index in [1.807, 2.05) is 18.7 Å². The van der Waals surface area contributed by atoms with Crippen molar-refractivity contribution in [2.75, 3.05) is 26.2 Å². The molecular formula is C13H29Cl2N3O2. The summed E-state index contributed by atoms with van der Waals surface area (Å²) < 4.78 is 0. The lowest BCUT2D eigenvalue weighted by Gasteiger charge is -2.41. The maximum Gasteiger partial charge on any atom is 0.227 e. The van der Waals surface area contributed by atoms with Crippen LogP contribution >= 0.6 is 24.8 Å². The number of aliphatic hydroxyl groups excluding tert-OH is 1. The van der Waals surface area contributed by atoms with Gasteiger partial charge in [-0.05, 0) is 20.8 Å². The van der Waals surface area contributed by atoms with Gasteiger partial charge in [-0.3, -0.25) is 9.69 Å². The number of nitrogens with zero attached hydrogens (tertiary/aromatic N) is 2. The van der Waals surface area contributed by atoms with Gasteiger partial charge in [0.05, 0.1) is 12.0 Å². The molecule has 4 unspecified atom stereocenters. The molecule has 1 heterocycles. The van der Waals surface area contributed by atoms with Gasteiger partial charge in [-0.25, -0.2) is 0 Å². The summed E-state index contributed by atoms with van der Waals surface area (Å²) in [6.45, 7) is 10.6. The third kappa shape index (κ3) is 6.14. The maximum absolute atomic E-state index is 12.2. The minimum Gasteiger partial charge on any atom is -0.392 e. The molecule has 0 aliphatic carbocycles. The average Bonchev–Trinajstić information content (AvgIpc) is 2.29. The third-order valence-electron chi connectivity index (χ3n) is 3.75. The maximum atomic E-state index is 12.2. The van der Waals surface area contributed by atoms with E-state index in [1.165, 1.54) is 0 Å². The Bertz CT molecular complexity index is 291. The number of carbonyl (C=O) groups is 1. The summed E-state index contributed by atoms with van der Waals surface area (Å²) in [6.07, 6.45) is -0.322. The number of carbonyl (C=O) groups excluding carboxylic acids is 1. The number of amides is 1. The predicted molar refractivity (Wildman–Crippen MR) is 86.6 cm³/mol. The first-order valence-electron chi connectivity index (χ1n) is 6.79. The second-order valence-electron chi connectivity index (χ2n) is 5.63. The summed E-state index contributed by atoms with van der Waals surface area (Å²) in [5.41, 5.74) is 5.78. The third-order valence-corrected chi connectivity index (χ3v) is 3.75. The molecule has 0 saturated carbocycles. The number of aliphatic hydroxyl groups is 1. The van der Waals surface area contributed by atoms with Gasteiger partial charge in [-0.2, -0.15) is 0 Å². The Morgan fingerprint density at radius 1 is 1.30 bits per heavy atom. The Morgan fingerprint density at radius 3 is 2.25 bits per heavy atom. The molecule has 1 aliphatic rings. The van der Waals surface area contributed by atoms with Gasteiger partial charge in [0.25, 0.3) is 0 Å². The van der Waals surface area contributed by atoms with Crippen LogP contribution in [0.5, 0.6) is 0 Å². The molecule has 0 radical (unpaired) electrons. The van der Waals surface area contributed by atoms with Crippen molar-refractivity contribution in [3.05, 3.63) is 0 Å². The van der Waals surface area contributed by atoms with Crippen molar-refractivity contribution in [1.29, 1.82) is 0 Å². The Labute approximate surface area is 134 Å². The Morgan fingerprint density at radius 2 is 1.85 bits per heavy atom. The molecule has 7 heteroatoms. The molecular weight excluding hydrogens is 301 g/mol. The number of nitrogens with two attached hydrogens (primary N) is 1. The van der Waals surface area contributed by atoms with Gasteiger partial charge < -0.3 is 15.7 Å². The fraction of sp³-hybridized carbons (Fsp3) is 0.923. The van der Waals surface area contributed by atoms with Gasteiger partial charge in [0.15, 0.2) is 0 Å². The van der Waals surface area contributed by atoms with Gasteiger partial charge in [-0.1, -0.05) is 6.92 Å². The van der Waals surface area contributed by atoms with Crippen LogP contribution in [0.25, 0.3) is 0 Å². The molecule has 4 atom stereocenters. The Kier molecular flexibility index (Phi) is 10.9. The van der Waals surface area contributed by atoms with Crippen LogP contribution in [0.3, 0.4) is 0 Å². The van der Waals surface area contributed by atoms with Gasteiger partial charge >= 0.3 is 0 Å². The first-order chi connectivity index (χ1) is 8.32. The normalized spacial score (nSPS) is 24.1. The lowest BCUT2D eigenvalue weighted by Crippen LogP contribution is -2.56. The van der Waals surface area contributed by atoms with Crippen LogP contribution in [0.15, 0.2) is 0 Å². The number of hydrogen-bond acceptors (Lipinski definition) is 4. The highest BCUT2D eigenvalue weighted by Gasteiger charge is 2.30. The van der Waals surface area contributed by atoms with Gasteiger partial charge in [0.2, 0.25) is 5.91 Å². The van der Waals surface area contributed by atoms with Crippen molar-refractivity contribution in [1.82, 2.24) is 9.80 Å². The molecule has 122 valence electrons. The lowest BCUT2D eigenvalue weighted by atomic mass is 10.0. The Balaban J connectivity index is 0. The topological polar surface area (TPSA) is 69.8 Å². The number of piperazine rings is 1. The van der Waals surface area contributed by atoms with E-state index in [-0.39, 0.29) is 54.8 Å². The van der Waals surface area contributed by atoms with Crippen LogP contribution in [0.4, 0.5) is 0 Å². The second-order valence-corrected chi connectivity index (χ2v) is 5.63. The minimum atomic E-state index is -0.322. The second kappa shape index (κ2) is 9.79. The van der Waals surface area contributed by atoms with E-state index >= 15 is 0 Å². The van der Waals surface area contributed by atoms with E-state index < -0.39 is 0 Å². The van der Waals surface area contributed by atoms with Crippen molar-refractivity contribution < 1.29 is 9.90 Å². The monoisotopic (exact) mass is 329 g/mol. The number of β-amino-alcohol motifs (C(OH)–C–C–N with tert-alkyl or cyclic N) is 1. The van der Waals surface area contributed by atoms with E-state index in [4.69, 9.17) is 5.73 Å². The summed E-state index contributed by atoms with van der Waals surface area (Å²) in [6, 6.07) is 0.181. The van der Waals surface area contributed by atoms with Crippen molar-refractivity contribution in [2.45, 2.75) is 45.9 Å². The number of rotatable bonds is 4. The molecule has 0 aromatic rings. The molecule has 0 bridgehead atoms. The minimum absolute atomic E-state index is 0. The zero-order valence-electron chi connectivity index (χ0n) is 12.8. The quantitative estimate of drug-likeness (QED) is 0.797. The van der Waals surface area contributed by atoms with Crippen molar-refractivity contribution in [3.63, 3.8) is 0 Å². The lowest BCUT2D eigenvalue weighted by molar-refractivity contribution is -0.138. The summed E-state index contributed by atoms with van der Waals surface area (Å²) in [5.74, 6) is 0.0223. The van der Waals surface area contributed by atoms with Crippen LogP contribution in [-0.4, -0.2) is 65.2 Å². The summed E-state index contributed by atoms with van der Waals surface area (Å²) in [7, 11) is 0. The molecule has 1 aliphatic heterocycles. The largest absolute Gasteiger partial charge is 0.392 e. The molecule has 0 aromatic carbocycles. The highest BCUT2D eigenvalue weighted by Crippen LogP contribution is 2.14. The molecule has 0 aromatic heterocycles. The summed E-state index contributed by atoms with van der Waals surface area (Å²) in [5, 5.41) is 9.42. The van der Waals surface area contributed by atoms with Crippen LogP contribution in [0, 0.1) is 5.92 Å². The molecule has 1 amide bonds. The van der Waals surface area contributed by atoms with Crippen LogP contribution < -0.4 is 5.73 Å². The van der Waals surface area contributed by atoms with Crippen LogP contribution in [0.2, 0.25) is 0 Å². The highest BCUT2D eigenvalue weighted by atomic mass is 35.5. The first kappa shape index (κ1) is 22.2. The molecule has 5 nitrogen and oxygen atoms in total. The molecule has 1 saturated heterocycles. The Hall–Kier alpha value is -0.0700. The van der Waals surface area contributed by atoms with Crippen molar-refractivity contribution in [2.24, 2.45) is 11.7 Å². The van der Waals surface area contributed by atoms with E-state index in [0.717, 1.165) is 19.6 Å². The van der Waals surface area contributed by atoms with Gasteiger partial charge in [-0.15, -0.1) is 24.8 Å². The highest BCUT2D eigenvalue weighted by molar-refractivity contribution is 5.85. The smallest absolute Gasteiger partial charge is 0.227 e. The van der Waals surface area contributed by atoms with Gasteiger partial charge in [0, 0.05) is 38.3 Å². The van der Waals surface area contributed by atoms with E-state index in [2.05, 4.69) is 11.8 Å². The predicted octanol–water partition coefficient (Wildman–Crippen LogP) is 0.727.